The first-order chi connectivity index (χ1) is 67.9. The van der Waals surface area contributed by atoms with Crippen LogP contribution in [0, 0.1) is 18.2 Å². The van der Waals surface area contributed by atoms with E-state index < -0.39 is 63.8 Å². The first-order valence-electron chi connectivity index (χ1n) is 45.9. The molecule has 2 aliphatic heterocycles. The number of aliphatic hydroxyl groups excluding tert-OH is 2. The Labute approximate surface area is 843 Å². The van der Waals surface area contributed by atoms with Crippen molar-refractivity contribution in [3.05, 3.63) is 418 Å². The van der Waals surface area contributed by atoms with Crippen molar-refractivity contribution in [1.29, 1.82) is 0 Å². The van der Waals surface area contributed by atoms with Crippen molar-refractivity contribution in [2.24, 2.45) is 0 Å². The van der Waals surface area contributed by atoms with Crippen LogP contribution in [0.5, 0.6) is 5.75 Å². The molecule has 15 rings (SSSR count). The second kappa shape index (κ2) is 52.4. The molecule has 0 saturated carbocycles. The smallest absolute Gasteiger partial charge is 0.252 e. The molecule has 32 heteroatoms. The first-order valence-corrected chi connectivity index (χ1v) is 54.0. The van der Waals surface area contributed by atoms with Crippen molar-refractivity contribution < 1.29 is 77.0 Å². The minimum absolute atomic E-state index is 0.0449. The lowest BCUT2D eigenvalue weighted by Crippen LogP contribution is -2.34. The van der Waals surface area contributed by atoms with E-state index in [0.717, 1.165) is 65.5 Å². The van der Waals surface area contributed by atoms with Gasteiger partial charge in [-0.25, -0.2) is 38.1 Å². The van der Waals surface area contributed by atoms with Gasteiger partial charge in [0.15, 0.2) is 15.6 Å². The van der Waals surface area contributed by atoms with E-state index in [0.29, 0.717) is 161 Å². The number of ether oxygens (including phenoxy) is 1. The number of terminal acetylenes is 1. The number of carbonyl (C=O) groups is 5. The van der Waals surface area contributed by atoms with Crippen molar-refractivity contribution >= 4 is 115 Å². The molecule has 2 unspecified atom stereocenters. The molecule has 0 spiro atoms. The lowest BCUT2D eigenvalue weighted by atomic mass is 9.96. The summed E-state index contributed by atoms with van der Waals surface area (Å²) in [5.74, 6) is 1.04. The van der Waals surface area contributed by atoms with E-state index in [1.807, 2.05) is 96.5 Å². The SMILES string of the molecule is C#CCNS(=O)(=O)c1ccc(CCN(Cc2cc(F)ccc2OCCC)C(=O)Cc2ccsc2)cc1.O=C(NCCc1ccc(S(=O)(=O)CCc2ccccc2)cc1)c1cc(Cl)ccc1C(O)c1ccccc1.O=C(NCCc1ccc(S(=O)(=O)N2CCCC2)cc1)c1cc(Cl)ccc1C(=O)c1ccccc1.O=C(NCCc1ccc(S(=O)(=O)N2CCCC2)cc1)c1cc(Cl)ccc1C(O)c1ccccc1. The van der Waals surface area contributed by atoms with Gasteiger partial charge in [0, 0.05) is 102 Å². The van der Waals surface area contributed by atoms with E-state index in [9.17, 15) is 72.2 Å². The number of thiophene rings is 1. The van der Waals surface area contributed by atoms with Crippen LogP contribution in [0.25, 0.3) is 0 Å². The molecule has 6 N–H and O–H groups in total. The summed E-state index contributed by atoms with van der Waals surface area (Å²) >= 11 is 19.9. The lowest BCUT2D eigenvalue weighted by molar-refractivity contribution is -0.131. The Morgan fingerprint density at radius 1 is 0.468 bits per heavy atom. The first kappa shape index (κ1) is 107. The van der Waals surface area contributed by atoms with Crippen LogP contribution < -0.4 is 25.4 Å². The van der Waals surface area contributed by atoms with E-state index in [2.05, 4.69) is 26.6 Å². The zero-order valence-corrected chi connectivity index (χ0v) is 83.8. The molecule has 2 aliphatic rings. The van der Waals surface area contributed by atoms with E-state index in [-0.39, 0.29) is 74.6 Å². The quantitative estimate of drug-likeness (QED) is 0.0154. The predicted octanol–water partition coefficient (Wildman–Crippen LogP) is 18.3. The maximum Gasteiger partial charge on any atom is 0.252 e. The number of rotatable bonds is 39. The number of sulfonamides is 3. The molecule has 141 heavy (non-hydrogen) atoms. The van der Waals surface area contributed by atoms with Crippen LogP contribution in [-0.2, 0) is 89.8 Å². The molecule has 23 nitrogen and oxygen atoms in total. The van der Waals surface area contributed by atoms with Crippen LogP contribution in [0.1, 0.15) is 159 Å². The van der Waals surface area contributed by atoms with Gasteiger partial charge in [-0.1, -0.05) is 230 Å². The van der Waals surface area contributed by atoms with Crippen molar-refractivity contribution in [1.82, 2.24) is 34.2 Å². The van der Waals surface area contributed by atoms with Gasteiger partial charge in [-0.05, 0) is 246 Å². The highest BCUT2D eigenvalue weighted by Gasteiger charge is 2.31. The summed E-state index contributed by atoms with van der Waals surface area (Å²) in [7, 11) is -14.0. The summed E-state index contributed by atoms with van der Waals surface area (Å²) < 4.78 is 126. The normalized spacial score (nSPS) is 13.1. The molecule has 3 heterocycles. The molecule has 0 aliphatic carbocycles. The van der Waals surface area contributed by atoms with Gasteiger partial charge in [0.2, 0.25) is 36.0 Å². The van der Waals surface area contributed by atoms with E-state index in [1.165, 1.54) is 50.3 Å². The number of nitrogens with one attached hydrogen (secondary N) is 4. The molecule has 2 fully saturated rings. The fraction of sp³-hybridized carbons (Fsp3) is 0.239. The molecule has 0 bridgehead atoms. The molecule has 2 atom stereocenters. The molecule has 0 radical (unpaired) electrons. The van der Waals surface area contributed by atoms with Crippen LogP contribution in [-0.4, -0.2) is 158 Å². The minimum atomic E-state index is -3.68. The van der Waals surface area contributed by atoms with Crippen LogP contribution in [0.2, 0.25) is 15.1 Å². The van der Waals surface area contributed by atoms with Gasteiger partial charge >= 0.3 is 0 Å². The van der Waals surface area contributed by atoms with Crippen molar-refractivity contribution in [2.75, 3.05) is 71.3 Å². The maximum atomic E-state index is 14.1. The topological polar surface area (TPSA) is 329 Å². The molecule has 1 aromatic heterocycles. The zero-order chi connectivity index (χ0) is 100. The Bertz CT molecular complexity index is 6920. The number of halogens is 4. The third kappa shape index (κ3) is 31.1. The van der Waals surface area contributed by atoms with Gasteiger partial charge in [-0.15, -0.1) is 6.42 Å². The number of aryl methyl sites for hydroxylation is 1. The number of nitrogens with zero attached hydrogens (tertiary/aromatic N) is 3. The highest BCUT2D eigenvalue weighted by Crippen LogP contribution is 2.33. The van der Waals surface area contributed by atoms with Gasteiger partial charge in [0.05, 0.1) is 50.5 Å². The average Bonchev–Trinajstić information content (AvgIpc) is 1.76. The van der Waals surface area contributed by atoms with E-state index in [4.69, 9.17) is 46.0 Å². The molecule has 4 amide bonds. The third-order valence-corrected chi connectivity index (χ3v) is 31.8. The number of benzene rings is 12. The van der Waals surface area contributed by atoms with Crippen LogP contribution >= 0.6 is 46.1 Å². The Morgan fingerprint density at radius 2 is 0.887 bits per heavy atom. The standard InChI is InChI=1S/C30H28ClNO4S.C27H29FN2O4S2.C26H27ClN2O4S.C26H25ClN2O4S/c31-25-13-16-27(29(33)24-9-5-2-6-10-24)28(21-25)30(34)32-19-17-23-11-14-26(15-12-23)37(35,36)20-18-22-7-3-1-4-8-22;1-3-13-29-36(32,33)25-8-5-21(6-9-25)11-14-30(27(31)17-22-12-16-35-20-22)19-23-18-24(28)7-10-26(23)34-15-4-2;2*27-21-10-13-23(25(30)20-6-2-1-3-7-20)24(18-21)26(31)28-15-14-19-8-11-22(12-9-19)34(32,33)29-16-4-5-17-29/h1-16,21,29,33H,17-20H2,(H,32,34);1,5-10,12,16,18,20,29H,4,11,13-15,17,19H2,2H3;1-3,6-13,18,25,30H,4-5,14-17H2,(H,28,31);1-3,6-13,18H,4-5,14-17H2,(H,28,31). The van der Waals surface area contributed by atoms with Crippen molar-refractivity contribution in [2.45, 2.75) is 116 Å². The predicted molar refractivity (Wildman–Crippen MR) is 551 cm³/mol. The number of hydrogen-bond acceptors (Lipinski definition) is 17. The monoisotopic (exact) mass is 2060 g/mol. The fourth-order valence-electron chi connectivity index (χ4n) is 15.7. The molecule has 12 aromatic carbocycles. The summed E-state index contributed by atoms with van der Waals surface area (Å²) in [6.07, 6.45) is 10.4. The maximum absolute atomic E-state index is 14.1. The number of hydrogen-bond donors (Lipinski definition) is 6. The fourth-order valence-corrected chi connectivity index (χ4v) is 22.1. The largest absolute Gasteiger partial charge is 0.493 e. The number of aliphatic hydroxyl groups is 2. The minimum Gasteiger partial charge on any atom is -0.493 e. The van der Waals surface area contributed by atoms with Crippen molar-refractivity contribution in [3.63, 3.8) is 0 Å². The highest BCUT2D eigenvalue weighted by molar-refractivity contribution is 7.91. The molecule has 2 saturated heterocycles. The third-order valence-electron chi connectivity index (χ3n) is 23.4. The van der Waals surface area contributed by atoms with Crippen LogP contribution in [0.3, 0.4) is 0 Å². The van der Waals surface area contributed by atoms with Gasteiger partial charge < -0.3 is 35.8 Å². The summed E-state index contributed by atoms with van der Waals surface area (Å²) in [5, 5.41) is 35.3. The zero-order valence-electron chi connectivity index (χ0n) is 77.4. The van der Waals surface area contributed by atoms with E-state index in [1.54, 1.807) is 193 Å². The Balaban J connectivity index is 0.000000168. The Kier molecular flexibility index (Phi) is 40.0. The van der Waals surface area contributed by atoms with Gasteiger partial charge in [-0.3, -0.25) is 24.0 Å². The second-order valence-corrected chi connectivity index (χ2v) is 43.2. The Morgan fingerprint density at radius 3 is 1.34 bits per heavy atom. The summed E-state index contributed by atoms with van der Waals surface area (Å²) in [5.41, 5.74) is 10.00. The molecular weight excluding hydrogens is 1950 g/mol. The Hall–Kier alpha value is -12.4. The molecule has 13 aromatic rings. The second-order valence-electron chi connectivity index (χ2n) is 33.3. The molecule has 734 valence electrons. The number of ketones is 1. The van der Waals surface area contributed by atoms with Crippen LogP contribution in [0.4, 0.5) is 4.39 Å². The summed E-state index contributed by atoms with van der Waals surface area (Å²) in [6, 6.07) is 83.9. The number of sulfone groups is 1. The van der Waals surface area contributed by atoms with Gasteiger partial charge in [0.25, 0.3) is 17.7 Å². The average molecular weight is 2060 g/mol. The van der Waals surface area contributed by atoms with Gasteiger partial charge in [-0.2, -0.15) is 24.7 Å². The number of carbonyl (C=O) groups excluding carboxylic acids is 5. The highest BCUT2D eigenvalue weighted by atomic mass is 35.5. The summed E-state index contributed by atoms with van der Waals surface area (Å²) in [6.45, 7) is 6.24. The number of amides is 4. The lowest BCUT2D eigenvalue weighted by Gasteiger charge is -2.24. The summed E-state index contributed by atoms with van der Waals surface area (Å²) in [4.78, 5) is 67.5. The molecular formula is C109H109Cl3FN7O16S5. The van der Waals surface area contributed by atoms with E-state index >= 15 is 0 Å². The van der Waals surface area contributed by atoms with Crippen molar-refractivity contribution in [3.8, 4) is 18.1 Å². The van der Waals surface area contributed by atoms with Gasteiger partial charge in [0.1, 0.15) is 23.8 Å². The van der Waals surface area contributed by atoms with Crippen LogP contribution in [0.15, 0.2) is 328 Å².